The molecule has 2 rings (SSSR count). The second-order valence-electron chi connectivity index (χ2n) is 4.83. The first-order valence-electron chi connectivity index (χ1n) is 6.98. The third kappa shape index (κ3) is 4.49. The van der Waals surface area contributed by atoms with E-state index in [1.165, 1.54) is 0 Å². The Bertz CT molecular complexity index is 458. The van der Waals surface area contributed by atoms with Gasteiger partial charge in [-0.1, -0.05) is 22.9 Å². The molecule has 5 heteroatoms. The van der Waals surface area contributed by atoms with Crippen LogP contribution >= 0.6 is 15.9 Å². The van der Waals surface area contributed by atoms with E-state index in [2.05, 4.69) is 28.2 Å². The Morgan fingerprint density at radius 2 is 2.40 bits per heavy atom. The molecule has 0 aromatic heterocycles. The fraction of sp³-hybridized carbons (Fsp3) is 0.533. The van der Waals surface area contributed by atoms with Crippen molar-refractivity contribution >= 4 is 21.8 Å². The van der Waals surface area contributed by atoms with Crippen molar-refractivity contribution in [3.05, 3.63) is 28.2 Å². The van der Waals surface area contributed by atoms with Crippen molar-refractivity contribution in [3.63, 3.8) is 0 Å². The summed E-state index contributed by atoms with van der Waals surface area (Å²) < 4.78 is 12.1. The van der Waals surface area contributed by atoms with Gasteiger partial charge in [0.15, 0.2) is 6.61 Å². The molecule has 1 saturated heterocycles. The summed E-state index contributed by atoms with van der Waals surface area (Å²) in [6.07, 6.45) is 3.13. The monoisotopic (exact) mass is 341 g/mol. The number of carbonyl (C=O) groups is 1. The Balaban J connectivity index is 1.77. The minimum absolute atomic E-state index is 0.0430. The molecule has 1 fully saturated rings. The molecule has 1 aliphatic heterocycles. The number of benzene rings is 1. The quantitative estimate of drug-likeness (QED) is 0.865. The zero-order chi connectivity index (χ0) is 14.4. The van der Waals surface area contributed by atoms with Gasteiger partial charge in [0, 0.05) is 17.6 Å². The zero-order valence-electron chi connectivity index (χ0n) is 11.7. The molecule has 0 aliphatic carbocycles. The van der Waals surface area contributed by atoms with Gasteiger partial charge >= 0.3 is 0 Å². The summed E-state index contributed by atoms with van der Waals surface area (Å²) >= 11 is 3.43. The van der Waals surface area contributed by atoms with E-state index in [1.807, 2.05) is 18.2 Å². The number of hydrogen-bond donors (Lipinski definition) is 1. The van der Waals surface area contributed by atoms with Crippen LogP contribution in [-0.2, 0) is 16.0 Å². The van der Waals surface area contributed by atoms with E-state index >= 15 is 0 Å². The first-order chi connectivity index (χ1) is 9.69. The van der Waals surface area contributed by atoms with Crippen molar-refractivity contribution in [2.75, 3.05) is 19.8 Å². The lowest BCUT2D eigenvalue weighted by Crippen LogP contribution is -2.35. The molecule has 0 radical (unpaired) electrons. The minimum Gasteiger partial charge on any atom is -0.483 e. The van der Waals surface area contributed by atoms with Crippen molar-refractivity contribution in [1.29, 1.82) is 0 Å². The van der Waals surface area contributed by atoms with Crippen molar-refractivity contribution in [2.45, 2.75) is 32.3 Å². The fourth-order valence-electron chi connectivity index (χ4n) is 2.19. The number of ether oxygens (including phenoxy) is 2. The Kier molecular flexibility index (Phi) is 5.86. The molecule has 1 aromatic carbocycles. The van der Waals surface area contributed by atoms with Crippen LogP contribution in [0.25, 0.3) is 0 Å². The topological polar surface area (TPSA) is 47.6 Å². The third-order valence-electron chi connectivity index (χ3n) is 3.31. The van der Waals surface area contributed by atoms with Crippen molar-refractivity contribution < 1.29 is 14.3 Å². The van der Waals surface area contributed by atoms with Gasteiger partial charge in [0.1, 0.15) is 5.75 Å². The average Bonchev–Trinajstić information content (AvgIpc) is 2.97. The maximum Gasteiger partial charge on any atom is 0.258 e. The maximum atomic E-state index is 11.7. The molecule has 20 heavy (non-hydrogen) atoms. The van der Waals surface area contributed by atoms with E-state index in [0.29, 0.717) is 6.54 Å². The summed E-state index contributed by atoms with van der Waals surface area (Å²) in [5.74, 6) is 0.661. The van der Waals surface area contributed by atoms with Crippen LogP contribution in [0.2, 0.25) is 0 Å². The molecular weight excluding hydrogens is 322 g/mol. The molecule has 1 amide bonds. The Labute approximate surface area is 128 Å². The Morgan fingerprint density at radius 3 is 3.10 bits per heavy atom. The van der Waals surface area contributed by atoms with Gasteiger partial charge in [-0.2, -0.15) is 0 Å². The lowest BCUT2D eigenvalue weighted by molar-refractivity contribution is -0.123. The van der Waals surface area contributed by atoms with Gasteiger partial charge < -0.3 is 14.8 Å². The molecule has 4 nitrogen and oxygen atoms in total. The summed E-state index contributed by atoms with van der Waals surface area (Å²) in [7, 11) is 0. The first-order valence-corrected chi connectivity index (χ1v) is 7.78. The summed E-state index contributed by atoms with van der Waals surface area (Å²) in [6, 6.07) is 5.81. The van der Waals surface area contributed by atoms with E-state index in [1.54, 1.807) is 0 Å². The van der Waals surface area contributed by atoms with E-state index in [9.17, 15) is 4.79 Å². The number of aryl methyl sites for hydroxylation is 1. The maximum absolute atomic E-state index is 11.7. The molecule has 1 heterocycles. The molecular formula is C15H20BrNO3. The molecule has 1 atom stereocenters. The second-order valence-corrected chi connectivity index (χ2v) is 5.75. The van der Waals surface area contributed by atoms with Crippen LogP contribution in [0.3, 0.4) is 0 Å². The second kappa shape index (κ2) is 7.64. The summed E-state index contributed by atoms with van der Waals surface area (Å²) in [5, 5.41) is 2.85. The standard InChI is InChI=1S/C15H20BrNO3/c1-2-11-8-12(16)5-6-14(11)20-10-15(18)17-9-13-4-3-7-19-13/h5-6,8,13H,2-4,7,9-10H2,1H3,(H,17,18). The fourth-order valence-corrected chi connectivity index (χ4v) is 2.60. The molecule has 0 saturated carbocycles. The molecule has 1 N–H and O–H groups in total. The first kappa shape index (κ1) is 15.3. The van der Waals surface area contributed by atoms with Crippen LogP contribution in [0.5, 0.6) is 5.75 Å². The van der Waals surface area contributed by atoms with E-state index in [0.717, 1.165) is 41.7 Å². The predicted octanol–water partition coefficient (Wildman–Crippen LogP) is 2.69. The van der Waals surface area contributed by atoms with Crippen LogP contribution in [0.4, 0.5) is 0 Å². The average molecular weight is 342 g/mol. The molecule has 0 spiro atoms. The molecule has 1 aliphatic rings. The third-order valence-corrected chi connectivity index (χ3v) is 3.81. The largest absolute Gasteiger partial charge is 0.483 e. The lowest BCUT2D eigenvalue weighted by atomic mass is 10.1. The van der Waals surface area contributed by atoms with Gasteiger partial charge in [-0.15, -0.1) is 0 Å². The Morgan fingerprint density at radius 1 is 1.55 bits per heavy atom. The number of carbonyl (C=O) groups excluding carboxylic acids is 1. The number of rotatable bonds is 6. The van der Waals surface area contributed by atoms with E-state index in [-0.39, 0.29) is 18.6 Å². The highest BCUT2D eigenvalue weighted by Gasteiger charge is 2.16. The normalized spacial score (nSPS) is 18.0. The number of amides is 1. The zero-order valence-corrected chi connectivity index (χ0v) is 13.2. The Hall–Kier alpha value is -1.07. The van der Waals surface area contributed by atoms with Gasteiger partial charge in [-0.25, -0.2) is 0 Å². The van der Waals surface area contributed by atoms with Gasteiger partial charge in [0.25, 0.3) is 5.91 Å². The highest BCUT2D eigenvalue weighted by atomic mass is 79.9. The van der Waals surface area contributed by atoms with Crippen LogP contribution < -0.4 is 10.1 Å². The van der Waals surface area contributed by atoms with E-state index < -0.39 is 0 Å². The van der Waals surface area contributed by atoms with Gasteiger partial charge in [0.05, 0.1) is 6.10 Å². The number of halogens is 1. The minimum atomic E-state index is -0.106. The molecule has 1 unspecified atom stereocenters. The van der Waals surface area contributed by atoms with Crippen LogP contribution in [-0.4, -0.2) is 31.8 Å². The van der Waals surface area contributed by atoms with Gasteiger partial charge in [-0.3, -0.25) is 4.79 Å². The summed E-state index contributed by atoms with van der Waals surface area (Å²) in [4.78, 5) is 11.7. The smallest absolute Gasteiger partial charge is 0.258 e. The summed E-state index contributed by atoms with van der Waals surface area (Å²) in [6.45, 7) is 3.48. The highest BCUT2D eigenvalue weighted by Crippen LogP contribution is 2.23. The van der Waals surface area contributed by atoms with Crippen molar-refractivity contribution in [3.8, 4) is 5.75 Å². The number of hydrogen-bond acceptors (Lipinski definition) is 3. The van der Waals surface area contributed by atoms with Crippen molar-refractivity contribution in [1.82, 2.24) is 5.32 Å². The summed E-state index contributed by atoms with van der Waals surface area (Å²) in [5.41, 5.74) is 1.09. The SMILES string of the molecule is CCc1cc(Br)ccc1OCC(=O)NCC1CCCO1. The highest BCUT2D eigenvalue weighted by molar-refractivity contribution is 9.10. The lowest BCUT2D eigenvalue weighted by Gasteiger charge is -2.13. The van der Waals surface area contributed by atoms with Crippen molar-refractivity contribution in [2.24, 2.45) is 0 Å². The van der Waals surface area contributed by atoms with Crippen LogP contribution in [0.1, 0.15) is 25.3 Å². The molecule has 1 aromatic rings. The van der Waals surface area contributed by atoms with Crippen LogP contribution in [0.15, 0.2) is 22.7 Å². The van der Waals surface area contributed by atoms with Crippen LogP contribution in [0, 0.1) is 0 Å². The number of nitrogens with one attached hydrogen (secondary N) is 1. The molecule has 110 valence electrons. The molecule has 0 bridgehead atoms. The van der Waals surface area contributed by atoms with Gasteiger partial charge in [-0.05, 0) is 43.0 Å². The van der Waals surface area contributed by atoms with E-state index in [4.69, 9.17) is 9.47 Å². The van der Waals surface area contributed by atoms with Gasteiger partial charge in [0.2, 0.25) is 0 Å². The predicted molar refractivity (Wildman–Crippen MR) is 81.0 cm³/mol.